The summed E-state index contributed by atoms with van der Waals surface area (Å²) in [7, 11) is 0. The first-order chi connectivity index (χ1) is 9.52. The van der Waals surface area contributed by atoms with E-state index in [0.29, 0.717) is 16.6 Å². The normalized spacial score (nSPS) is 28.4. The number of hydrogen-bond donors (Lipinski definition) is 2. The highest BCUT2D eigenvalue weighted by Crippen LogP contribution is 2.48. The summed E-state index contributed by atoms with van der Waals surface area (Å²) in [5.74, 6) is 0.356. The fourth-order valence-corrected chi connectivity index (χ4v) is 3.64. The molecule has 1 aliphatic rings. The van der Waals surface area contributed by atoms with Crippen LogP contribution in [0.25, 0.3) is 0 Å². The fraction of sp³-hybridized carbons (Fsp3) is 0.625. The Kier molecular flexibility index (Phi) is 5.21. The molecule has 1 atom stereocenters. The highest BCUT2D eigenvalue weighted by atomic mass is 79.9. The third-order valence-electron chi connectivity index (χ3n) is 4.92. The van der Waals surface area contributed by atoms with Gasteiger partial charge in [0.25, 0.3) is 0 Å². The van der Waals surface area contributed by atoms with Crippen molar-refractivity contribution in [1.82, 2.24) is 0 Å². The van der Waals surface area contributed by atoms with Gasteiger partial charge in [0.15, 0.2) is 0 Å². The number of nitrogens with two attached hydrogens (primary N) is 1. The van der Waals surface area contributed by atoms with Gasteiger partial charge in [0.05, 0.1) is 6.10 Å². The molecule has 0 aromatic heterocycles. The summed E-state index contributed by atoms with van der Waals surface area (Å²) in [6.07, 6.45) is 4.24. The molecule has 0 aliphatic heterocycles. The number of aliphatic hydroxyl groups excluding tert-OH is 1. The van der Waals surface area contributed by atoms with Gasteiger partial charge in [-0.3, -0.25) is 0 Å². The Balaban J connectivity index is 2.23. The van der Waals surface area contributed by atoms with Crippen LogP contribution in [-0.2, 0) is 0 Å². The lowest BCUT2D eigenvalue weighted by atomic mass is 9.65. The zero-order valence-electron chi connectivity index (χ0n) is 11.9. The summed E-state index contributed by atoms with van der Waals surface area (Å²) >= 11 is 3.24. The average molecular weight is 344 g/mol. The van der Waals surface area contributed by atoms with Gasteiger partial charge in [0, 0.05) is 22.0 Å². The molecule has 0 amide bonds. The minimum atomic E-state index is -0.821. The summed E-state index contributed by atoms with van der Waals surface area (Å²) in [5, 5.41) is 10.7. The Morgan fingerprint density at radius 3 is 2.60 bits per heavy atom. The highest BCUT2D eigenvalue weighted by Gasteiger charge is 2.41. The summed E-state index contributed by atoms with van der Waals surface area (Å²) in [5.41, 5.74) is 5.95. The zero-order chi connectivity index (χ0) is 14.8. The van der Waals surface area contributed by atoms with E-state index in [-0.39, 0.29) is 11.2 Å². The molecular formula is C16H23BrFNO. The monoisotopic (exact) mass is 343 g/mol. The minimum absolute atomic E-state index is 0.364. The lowest BCUT2D eigenvalue weighted by molar-refractivity contribution is -0.0123. The molecule has 1 saturated carbocycles. The standard InChI is InChI=1S/C16H23BrFNO/c1-2-11-5-7-16(10-19,8-6-11)15(20)13-4-3-12(17)9-14(13)18/h3-4,9,11,15,20H,2,5-8,10,19H2,1H3. The van der Waals surface area contributed by atoms with E-state index in [1.165, 1.54) is 12.5 Å². The first-order valence-corrected chi connectivity index (χ1v) is 8.15. The lowest BCUT2D eigenvalue weighted by Gasteiger charge is -2.43. The van der Waals surface area contributed by atoms with Crippen molar-refractivity contribution in [3.63, 3.8) is 0 Å². The number of hydrogen-bond acceptors (Lipinski definition) is 2. The smallest absolute Gasteiger partial charge is 0.130 e. The van der Waals surface area contributed by atoms with E-state index >= 15 is 0 Å². The van der Waals surface area contributed by atoms with Crippen LogP contribution >= 0.6 is 15.9 Å². The minimum Gasteiger partial charge on any atom is -0.388 e. The van der Waals surface area contributed by atoms with Gasteiger partial charge >= 0.3 is 0 Å². The van der Waals surface area contributed by atoms with Crippen molar-refractivity contribution in [3.05, 3.63) is 34.1 Å². The largest absolute Gasteiger partial charge is 0.388 e. The first kappa shape index (κ1) is 15.9. The Morgan fingerprint density at radius 1 is 1.45 bits per heavy atom. The maximum absolute atomic E-state index is 14.1. The fourth-order valence-electron chi connectivity index (χ4n) is 3.30. The van der Waals surface area contributed by atoms with Gasteiger partial charge in [-0.2, -0.15) is 0 Å². The Hall–Kier alpha value is -0.450. The molecule has 1 unspecified atom stereocenters. The maximum Gasteiger partial charge on any atom is 0.130 e. The van der Waals surface area contributed by atoms with Crippen molar-refractivity contribution in [2.24, 2.45) is 17.1 Å². The van der Waals surface area contributed by atoms with Gasteiger partial charge in [-0.15, -0.1) is 0 Å². The van der Waals surface area contributed by atoms with Crippen LogP contribution in [0.4, 0.5) is 4.39 Å². The van der Waals surface area contributed by atoms with E-state index in [2.05, 4.69) is 22.9 Å². The SMILES string of the molecule is CCC1CCC(CN)(C(O)c2ccc(Br)cc2F)CC1. The predicted octanol–water partition coefficient (Wildman–Crippen LogP) is 4.17. The van der Waals surface area contributed by atoms with Crippen LogP contribution in [-0.4, -0.2) is 11.7 Å². The molecule has 112 valence electrons. The van der Waals surface area contributed by atoms with Crippen molar-refractivity contribution in [2.45, 2.75) is 45.1 Å². The molecule has 1 aromatic rings. The topological polar surface area (TPSA) is 46.2 Å². The molecule has 4 heteroatoms. The lowest BCUT2D eigenvalue weighted by Crippen LogP contribution is -2.40. The van der Waals surface area contributed by atoms with Gasteiger partial charge < -0.3 is 10.8 Å². The van der Waals surface area contributed by atoms with Gasteiger partial charge in [-0.05, 0) is 43.7 Å². The van der Waals surface area contributed by atoms with Gasteiger partial charge in [0.1, 0.15) is 5.82 Å². The maximum atomic E-state index is 14.1. The van der Waals surface area contributed by atoms with Gasteiger partial charge in [0.2, 0.25) is 0 Å². The average Bonchev–Trinajstić information content (AvgIpc) is 2.46. The molecule has 3 N–H and O–H groups in total. The predicted molar refractivity (Wildman–Crippen MR) is 82.8 cm³/mol. The molecule has 2 nitrogen and oxygen atoms in total. The quantitative estimate of drug-likeness (QED) is 0.861. The van der Waals surface area contributed by atoms with E-state index in [4.69, 9.17) is 5.73 Å². The summed E-state index contributed by atoms with van der Waals surface area (Å²) in [6, 6.07) is 4.83. The third kappa shape index (κ3) is 3.07. The van der Waals surface area contributed by atoms with Crippen LogP contribution in [0.1, 0.15) is 50.7 Å². The molecule has 0 saturated heterocycles. The molecule has 2 rings (SSSR count). The molecule has 0 bridgehead atoms. The molecular weight excluding hydrogens is 321 g/mol. The molecule has 0 spiro atoms. The van der Waals surface area contributed by atoms with E-state index in [1.54, 1.807) is 12.1 Å². The molecule has 20 heavy (non-hydrogen) atoms. The molecule has 1 fully saturated rings. The summed E-state index contributed by atoms with van der Waals surface area (Å²) in [6.45, 7) is 2.60. The Morgan fingerprint density at radius 2 is 2.10 bits per heavy atom. The van der Waals surface area contributed by atoms with Gasteiger partial charge in [-0.1, -0.05) is 35.3 Å². The highest BCUT2D eigenvalue weighted by molar-refractivity contribution is 9.10. The van der Waals surface area contributed by atoms with E-state index in [1.807, 2.05) is 0 Å². The van der Waals surface area contributed by atoms with Crippen molar-refractivity contribution in [2.75, 3.05) is 6.54 Å². The van der Waals surface area contributed by atoms with Crippen LogP contribution in [0.15, 0.2) is 22.7 Å². The molecule has 1 aromatic carbocycles. The summed E-state index contributed by atoms with van der Waals surface area (Å²) < 4.78 is 14.8. The molecule has 1 aliphatic carbocycles. The number of rotatable bonds is 4. The zero-order valence-corrected chi connectivity index (χ0v) is 13.5. The van der Waals surface area contributed by atoms with Crippen LogP contribution < -0.4 is 5.73 Å². The van der Waals surface area contributed by atoms with Crippen LogP contribution in [0.5, 0.6) is 0 Å². The Labute approximate surface area is 128 Å². The van der Waals surface area contributed by atoms with Gasteiger partial charge in [-0.25, -0.2) is 4.39 Å². The van der Waals surface area contributed by atoms with Crippen LogP contribution in [0.2, 0.25) is 0 Å². The number of aliphatic hydroxyl groups is 1. The second-order valence-electron chi connectivity index (χ2n) is 5.99. The van der Waals surface area contributed by atoms with E-state index in [9.17, 15) is 9.50 Å². The molecule has 0 heterocycles. The van der Waals surface area contributed by atoms with Crippen molar-refractivity contribution < 1.29 is 9.50 Å². The van der Waals surface area contributed by atoms with Crippen molar-refractivity contribution in [3.8, 4) is 0 Å². The molecule has 0 radical (unpaired) electrons. The second-order valence-corrected chi connectivity index (χ2v) is 6.90. The van der Waals surface area contributed by atoms with Crippen LogP contribution in [0.3, 0.4) is 0 Å². The summed E-state index contributed by atoms with van der Waals surface area (Å²) in [4.78, 5) is 0. The number of benzene rings is 1. The van der Waals surface area contributed by atoms with Crippen molar-refractivity contribution >= 4 is 15.9 Å². The number of halogens is 2. The van der Waals surface area contributed by atoms with Crippen LogP contribution in [0, 0.1) is 17.2 Å². The Bertz CT molecular complexity index is 458. The second kappa shape index (κ2) is 6.54. The van der Waals surface area contributed by atoms with Crippen molar-refractivity contribution in [1.29, 1.82) is 0 Å². The van der Waals surface area contributed by atoms with E-state index in [0.717, 1.165) is 31.6 Å². The first-order valence-electron chi connectivity index (χ1n) is 7.35. The van der Waals surface area contributed by atoms with E-state index < -0.39 is 6.10 Å². The third-order valence-corrected chi connectivity index (χ3v) is 5.42.